The van der Waals surface area contributed by atoms with Crippen LogP contribution >= 0.6 is 11.8 Å². The van der Waals surface area contributed by atoms with Gasteiger partial charge < -0.3 is 0 Å². The first-order valence-electron chi connectivity index (χ1n) is 6.71. The Morgan fingerprint density at radius 1 is 1.24 bits per heavy atom. The molecule has 1 aromatic rings. The zero-order chi connectivity index (χ0) is 16.3. The van der Waals surface area contributed by atoms with Crippen molar-refractivity contribution in [3.8, 4) is 0 Å². The number of hydrogen-bond acceptors (Lipinski definition) is 5. The van der Waals surface area contributed by atoms with E-state index in [9.17, 15) is 13.2 Å². The molecule has 0 bridgehead atoms. The lowest BCUT2D eigenvalue weighted by atomic mass is 10.2. The summed E-state index contributed by atoms with van der Waals surface area (Å²) in [5.74, 6) is 0. The largest absolute Gasteiger partial charge is 0.297 e. The summed E-state index contributed by atoms with van der Waals surface area (Å²) < 4.78 is 29.1. The number of benzene rings is 1. The number of carbonyl (C=O) groups excluding carboxylic acids is 1. The maximum atomic E-state index is 12.1. The molecule has 1 atom stereocenters. The van der Waals surface area contributed by atoms with Gasteiger partial charge in [-0.3, -0.25) is 8.98 Å². The predicted molar refractivity (Wildman–Crippen MR) is 85.9 cm³/mol. The summed E-state index contributed by atoms with van der Waals surface area (Å²) in [4.78, 5) is 11.9. The summed E-state index contributed by atoms with van der Waals surface area (Å²) in [6, 6.07) is 6.43. The van der Waals surface area contributed by atoms with Crippen molar-refractivity contribution in [2.24, 2.45) is 0 Å². The summed E-state index contributed by atoms with van der Waals surface area (Å²) in [5, 5.41) is -0.0749. The molecule has 1 aromatic carbocycles. The van der Waals surface area contributed by atoms with Crippen LogP contribution in [0.15, 0.2) is 29.2 Å². The van der Waals surface area contributed by atoms with Crippen LogP contribution in [0.2, 0.25) is 0 Å². The Morgan fingerprint density at radius 2 is 1.76 bits per heavy atom. The Hall–Kier alpha value is -0.850. The molecular weight excluding hydrogens is 308 g/mol. The molecule has 0 unspecified atom stereocenters. The van der Waals surface area contributed by atoms with E-state index in [0.29, 0.717) is 0 Å². The van der Waals surface area contributed by atoms with Crippen molar-refractivity contribution in [1.29, 1.82) is 0 Å². The van der Waals surface area contributed by atoms with Crippen LogP contribution < -0.4 is 0 Å². The van der Waals surface area contributed by atoms with Gasteiger partial charge in [-0.15, -0.1) is 0 Å². The topological polar surface area (TPSA) is 60.4 Å². The van der Waals surface area contributed by atoms with Gasteiger partial charge in [0.2, 0.25) is 0 Å². The van der Waals surface area contributed by atoms with Crippen LogP contribution in [0.5, 0.6) is 0 Å². The van der Waals surface area contributed by atoms with Gasteiger partial charge in [0.1, 0.15) is 0 Å². The first-order valence-corrected chi connectivity index (χ1v) is 8.94. The number of rotatable bonds is 5. The SMILES string of the molecule is Cc1ccc(S(=O)(=O)O[C@H](C)CC(=O)SC(C)(C)C)cc1. The molecule has 0 saturated heterocycles. The van der Waals surface area contributed by atoms with Crippen LogP contribution in [-0.4, -0.2) is 24.4 Å². The Kier molecular flexibility index (Phi) is 6.01. The molecule has 118 valence electrons. The quantitative estimate of drug-likeness (QED) is 0.773. The van der Waals surface area contributed by atoms with Crippen molar-refractivity contribution in [1.82, 2.24) is 0 Å². The molecule has 1 rings (SSSR count). The number of thioether (sulfide) groups is 1. The molecule has 0 aliphatic rings. The second-order valence-electron chi connectivity index (χ2n) is 5.96. The molecule has 0 aliphatic heterocycles. The number of hydrogen-bond donors (Lipinski definition) is 0. The highest BCUT2D eigenvalue weighted by atomic mass is 32.2. The minimum absolute atomic E-state index is 0.0625. The highest BCUT2D eigenvalue weighted by Crippen LogP contribution is 2.26. The van der Waals surface area contributed by atoms with E-state index in [2.05, 4.69) is 0 Å². The molecule has 0 amide bonds. The van der Waals surface area contributed by atoms with Gasteiger partial charge in [-0.05, 0) is 26.0 Å². The van der Waals surface area contributed by atoms with Crippen molar-refractivity contribution in [2.45, 2.75) is 56.8 Å². The molecule has 0 radical (unpaired) electrons. The highest BCUT2D eigenvalue weighted by molar-refractivity contribution is 8.14. The summed E-state index contributed by atoms with van der Waals surface area (Å²) in [7, 11) is -3.83. The molecule has 0 spiro atoms. The zero-order valence-electron chi connectivity index (χ0n) is 13.0. The third kappa shape index (κ3) is 6.63. The maximum absolute atomic E-state index is 12.1. The van der Waals surface area contributed by atoms with Gasteiger partial charge in [-0.25, -0.2) is 0 Å². The monoisotopic (exact) mass is 330 g/mol. The molecule has 21 heavy (non-hydrogen) atoms. The van der Waals surface area contributed by atoms with E-state index in [0.717, 1.165) is 5.56 Å². The van der Waals surface area contributed by atoms with Crippen LogP contribution in [-0.2, 0) is 19.1 Å². The Morgan fingerprint density at radius 3 is 2.24 bits per heavy atom. The van der Waals surface area contributed by atoms with Gasteiger partial charge in [0.25, 0.3) is 10.1 Å². The smallest absolute Gasteiger partial charge is 0.287 e. The average molecular weight is 330 g/mol. The van der Waals surface area contributed by atoms with Gasteiger partial charge in [-0.2, -0.15) is 8.42 Å². The van der Waals surface area contributed by atoms with E-state index < -0.39 is 16.2 Å². The molecule has 0 saturated carbocycles. The second-order valence-corrected chi connectivity index (χ2v) is 9.42. The molecular formula is C15H22O4S2. The van der Waals surface area contributed by atoms with E-state index in [1.807, 2.05) is 27.7 Å². The van der Waals surface area contributed by atoms with Gasteiger partial charge in [0, 0.05) is 11.2 Å². The first-order chi connectivity index (χ1) is 9.49. The Labute approximate surface area is 131 Å². The molecule has 0 heterocycles. The Balaban J connectivity index is 2.67. The lowest BCUT2D eigenvalue weighted by Gasteiger charge is -2.18. The molecule has 0 aromatic heterocycles. The van der Waals surface area contributed by atoms with E-state index in [1.54, 1.807) is 19.1 Å². The van der Waals surface area contributed by atoms with E-state index in [-0.39, 0.29) is 21.2 Å². The van der Waals surface area contributed by atoms with Crippen LogP contribution in [0.1, 0.15) is 39.7 Å². The minimum atomic E-state index is -3.83. The standard InChI is InChI=1S/C15H22O4S2/c1-11-6-8-13(9-7-11)21(17,18)19-12(2)10-14(16)20-15(3,4)5/h6-9,12H,10H2,1-5H3/t12-/m1/s1. The van der Waals surface area contributed by atoms with Crippen molar-refractivity contribution in [3.05, 3.63) is 29.8 Å². The fourth-order valence-electron chi connectivity index (χ4n) is 1.63. The third-order valence-corrected chi connectivity index (χ3v) is 4.91. The lowest BCUT2D eigenvalue weighted by Crippen LogP contribution is -2.20. The molecule has 6 heteroatoms. The fourth-order valence-corrected chi connectivity index (χ4v) is 3.71. The third-order valence-electron chi connectivity index (χ3n) is 2.47. The van der Waals surface area contributed by atoms with E-state index in [4.69, 9.17) is 4.18 Å². The van der Waals surface area contributed by atoms with Gasteiger partial charge in [0.15, 0.2) is 5.12 Å². The molecule has 0 N–H and O–H groups in total. The average Bonchev–Trinajstić information content (AvgIpc) is 2.25. The maximum Gasteiger partial charge on any atom is 0.297 e. The summed E-state index contributed by atoms with van der Waals surface area (Å²) >= 11 is 1.20. The van der Waals surface area contributed by atoms with Crippen molar-refractivity contribution in [3.63, 3.8) is 0 Å². The van der Waals surface area contributed by atoms with Gasteiger partial charge in [0.05, 0.1) is 11.0 Å². The van der Waals surface area contributed by atoms with Crippen molar-refractivity contribution < 1.29 is 17.4 Å². The van der Waals surface area contributed by atoms with Crippen LogP contribution in [0.3, 0.4) is 0 Å². The second kappa shape index (κ2) is 6.94. The highest BCUT2D eigenvalue weighted by Gasteiger charge is 2.23. The van der Waals surface area contributed by atoms with E-state index >= 15 is 0 Å². The van der Waals surface area contributed by atoms with Crippen LogP contribution in [0.4, 0.5) is 0 Å². The normalized spacial score (nSPS) is 14.0. The number of carbonyl (C=O) groups is 1. The van der Waals surface area contributed by atoms with Crippen molar-refractivity contribution in [2.75, 3.05) is 0 Å². The van der Waals surface area contributed by atoms with E-state index in [1.165, 1.54) is 23.9 Å². The van der Waals surface area contributed by atoms with Gasteiger partial charge in [-0.1, -0.05) is 50.2 Å². The van der Waals surface area contributed by atoms with Gasteiger partial charge >= 0.3 is 0 Å². The number of aryl methyl sites for hydroxylation is 1. The zero-order valence-corrected chi connectivity index (χ0v) is 14.7. The summed E-state index contributed by atoms with van der Waals surface area (Å²) in [5.41, 5.74) is 0.971. The van der Waals surface area contributed by atoms with Crippen LogP contribution in [0.25, 0.3) is 0 Å². The predicted octanol–water partition coefficient (Wildman–Crippen LogP) is 3.54. The molecule has 4 nitrogen and oxygen atoms in total. The Bertz CT molecular complexity index is 583. The molecule has 0 aliphatic carbocycles. The summed E-state index contributed by atoms with van der Waals surface area (Å²) in [6.07, 6.45) is -0.619. The van der Waals surface area contributed by atoms with Crippen LogP contribution in [0, 0.1) is 6.92 Å². The first kappa shape index (κ1) is 18.2. The summed E-state index contributed by atoms with van der Waals surface area (Å²) in [6.45, 7) is 9.27. The van der Waals surface area contributed by atoms with Crippen molar-refractivity contribution >= 4 is 27.0 Å². The lowest BCUT2D eigenvalue weighted by molar-refractivity contribution is -0.112. The molecule has 0 fully saturated rings. The minimum Gasteiger partial charge on any atom is -0.287 e. The fraction of sp³-hybridized carbons (Fsp3) is 0.533.